The highest BCUT2D eigenvalue weighted by atomic mass is 32.2. The summed E-state index contributed by atoms with van der Waals surface area (Å²) in [6.07, 6.45) is 9.95. The Labute approximate surface area is 156 Å². The number of hydrogen-bond donors (Lipinski definition) is 0. The first-order chi connectivity index (χ1) is 12.4. The first-order valence-electron chi connectivity index (χ1n) is 9.72. The second-order valence-electron chi connectivity index (χ2n) is 7.14. The smallest absolute Gasteiger partial charge is 0.222 e. The van der Waals surface area contributed by atoms with Gasteiger partial charge in [0.1, 0.15) is 11.1 Å². The number of likely N-dealkylation sites (tertiary alicyclic amines) is 1. The van der Waals surface area contributed by atoms with E-state index in [1.807, 2.05) is 0 Å². The Balaban J connectivity index is 1.64. The van der Waals surface area contributed by atoms with Gasteiger partial charge in [0.05, 0.1) is 4.90 Å². The predicted molar refractivity (Wildman–Crippen MR) is 101 cm³/mol. The van der Waals surface area contributed by atoms with Crippen LogP contribution in [-0.4, -0.2) is 37.6 Å². The van der Waals surface area contributed by atoms with E-state index in [1.54, 1.807) is 4.90 Å². The van der Waals surface area contributed by atoms with Crippen molar-refractivity contribution in [3.05, 3.63) is 30.1 Å². The van der Waals surface area contributed by atoms with Gasteiger partial charge in [-0.05, 0) is 30.7 Å². The first kappa shape index (κ1) is 20.9. The molecule has 4 nitrogen and oxygen atoms in total. The van der Waals surface area contributed by atoms with E-state index in [9.17, 15) is 17.6 Å². The fraction of sp³-hybridized carbons (Fsp3) is 0.650. The Morgan fingerprint density at radius 3 is 2.12 bits per heavy atom. The van der Waals surface area contributed by atoms with E-state index < -0.39 is 20.9 Å². The number of sulfone groups is 1. The molecule has 1 heterocycles. The molecule has 1 aliphatic rings. The minimum atomic E-state index is -3.49. The van der Waals surface area contributed by atoms with Crippen LogP contribution in [0.1, 0.15) is 64.7 Å². The van der Waals surface area contributed by atoms with Gasteiger partial charge in [-0.1, -0.05) is 51.9 Å². The molecule has 1 amide bonds. The average Bonchev–Trinajstić information content (AvgIpc) is 2.56. The number of carbonyl (C=O) groups is 1. The molecule has 0 unspecified atom stereocenters. The van der Waals surface area contributed by atoms with Crippen LogP contribution < -0.4 is 0 Å². The number of nitrogens with zero attached hydrogens (tertiary/aromatic N) is 1. The van der Waals surface area contributed by atoms with Gasteiger partial charge < -0.3 is 4.90 Å². The summed E-state index contributed by atoms with van der Waals surface area (Å²) in [4.78, 5) is 13.9. The van der Waals surface area contributed by atoms with Crippen LogP contribution in [-0.2, 0) is 14.6 Å². The number of hydrogen-bond acceptors (Lipinski definition) is 3. The van der Waals surface area contributed by atoms with E-state index >= 15 is 0 Å². The zero-order valence-corrected chi connectivity index (χ0v) is 16.4. The maximum atomic E-state index is 12.9. The first-order valence-corrected chi connectivity index (χ1v) is 11.3. The Morgan fingerprint density at radius 1 is 1.00 bits per heavy atom. The summed E-state index contributed by atoms with van der Waals surface area (Å²) >= 11 is 0. The van der Waals surface area contributed by atoms with Gasteiger partial charge in [-0.25, -0.2) is 12.8 Å². The van der Waals surface area contributed by atoms with Crippen LogP contribution >= 0.6 is 0 Å². The molecule has 1 saturated heterocycles. The molecule has 0 saturated carbocycles. The van der Waals surface area contributed by atoms with Crippen LogP contribution in [0.3, 0.4) is 0 Å². The Hall–Kier alpha value is -1.43. The molecule has 0 spiro atoms. The number of amides is 1. The van der Waals surface area contributed by atoms with Crippen LogP contribution in [0.5, 0.6) is 0 Å². The highest BCUT2D eigenvalue weighted by Crippen LogP contribution is 2.25. The molecule has 6 heteroatoms. The molecule has 26 heavy (non-hydrogen) atoms. The molecule has 0 bridgehead atoms. The lowest BCUT2D eigenvalue weighted by Crippen LogP contribution is -2.56. The summed E-state index contributed by atoms with van der Waals surface area (Å²) in [5, 5.41) is -0.574. The summed E-state index contributed by atoms with van der Waals surface area (Å²) in [5.74, 6) is -0.415. The summed E-state index contributed by atoms with van der Waals surface area (Å²) in [7, 11) is -3.49. The molecule has 0 aromatic heterocycles. The Morgan fingerprint density at radius 2 is 1.54 bits per heavy atom. The maximum absolute atomic E-state index is 12.9. The molecule has 2 rings (SSSR count). The lowest BCUT2D eigenvalue weighted by atomic mass is 10.1. The molecular formula is C20H30FNO3S. The highest BCUT2D eigenvalue weighted by Gasteiger charge is 2.40. The summed E-state index contributed by atoms with van der Waals surface area (Å²) in [5.41, 5.74) is 0. The van der Waals surface area contributed by atoms with Crippen LogP contribution in [0.4, 0.5) is 4.39 Å². The molecule has 1 fully saturated rings. The van der Waals surface area contributed by atoms with Crippen molar-refractivity contribution in [2.24, 2.45) is 0 Å². The number of unbranched alkanes of at least 4 members (excludes halogenated alkanes) is 7. The molecule has 1 aliphatic heterocycles. The van der Waals surface area contributed by atoms with Gasteiger partial charge in [-0.3, -0.25) is 4.79 Å². The third-order valence-corrected chi connectivity index (χ3v) is 7.13. The fourth-order valence-electron chi connectivity index (χ4n) is 3.22. The topological polar surface area (TPSA) is 54.5 Å². The SMILES string of the molecule is CCCCCCCCCCC(=O)N1CC(S(=O)(=O)c2ccc(F)cc2)C1. The minimum absolute atomic E-state index is 0.0431. The van der Waals surface area contributed by atoms with E-state index in [1.165, 1.54) is 50.7 Å². The van der Waals surface area contributed by atoms with Gasteiger partial charge in [0.2, 0.25) is 5.91 Å². The van der Waals surface area contributed by atoms with Crippen molar-refractivity contribution in [2.75, 3.05) is 13.1 Å². The van der Waals surface area contributed by atoms with E-state index in [4.69, 9.17) is 0 Å². The van der Waals surface area contributed by atoms with Gasteiger partial charge in [0.15, 0.2) is 9.84 Å². The van der Waals surface area contributed by atoms with Gasteiger partial charge in [0, 0.05) is 19.5 Å². The van der Waals surface area contributed by atoms with Crippen LogP contribution in [0.2, 0.25) is 0 Å². The summed E-state index contributed by atoms with van der Waals surface area (Å²) < 4.78 is 37.8. The molecule has 0 N–H and O–H groups in total. The van der Waals surface area contributed by atoms with Crippen molar-refractivity contribution in [3.63, 3.8) is 0 Å². The highest BCUT2D eigenvalue weighted by molar-refractivity contribution is 7.92. The average molecular weight is 384 g/mol. The number of carbonyl (C=O) groups excluding carboxylic acids is 1. The molecule has 1 aromatic carbocycles. The zero-order valence-electron chi connectivity index (χ0n) is 15.6. The van der Waals surface area contributed by atoms with E-state index in [0.717, 1.165) is 25.0 Å². The monoisotopic (exact) mass is 383 g/mol. The molecule has 0 atom stereocenters. The fourth-order valence-corrected chi connectivity index (χ4v) is 4.88. The van der Waals surface area contributed by atoms with E-state index in [-0.39, 0.29) is 23.9 Å². The second kappa shape index (κ2) is 10.0. The second-order valence-corrected chi connectivity index (χ2v) is 9.37. The molecule has 146 valence electrons. The maximum Gasteiger partial charge on any atom is 0.222 e. The van der Waals surface area contributed by atoms with Crippen LogP contribution in [0.15, 0.2) is 29.2 Å². The number of halogens is 1. The van der Waals surface area contributed by atoms with Gasteiger partial charge in [0.25, 0.3) is 0 Å². The minimum Gasteiger partial charge on any atom is -0.340 e. The lowest BCUT2D eigenvalue weighted by Gasteiger charge is -2.38. The van der Waals surface area contributed by atoms with E-state index in [2.05, 4.69) is 6.92 Å². The van der Waals surface area contributed by atoms with Crippen LogP contribution in [0.25, 0.3) is 0 Å². The van der Waals surface area contributed by atoms with Crippen molar-refractivity contribution >= 4 is 15.7 Å². The van der Waals surface area contributed by atoms with Gasteiger partial charge in [-0.2, -0.15) is 0 Å². The quantitative estimate of drug-likeness (QED) is 0.422. The normalized spacial score (nSPS) is 15.1. The number of rotatable bonds is 11. The van der Waals surface area contributed by atoms with Gasteiger partial charge in [-0.15, -0.1) is 0 Å². The van der Waals surface area contributed by atoms with Crippen molar-refractivity contribution in [1.29, 1.82) is 0 Å². The molecule has 0 radical (unpaired) electrons. The van der Waals surface area contributed by atoms with Crippen molar-refractivity contribution < 1.29 is 17.6 Å². The molecule has 0 aliphatic carbocycles. The predicted octanol–water partition coefficient (Wildman–Crippen LogP) is 4.34. The summed E-state index contributed by atoms with van der Waals surface area (Å²) in [6, 6.07) is 4.87. The Bertz CT molecular complexity index is 667. The standard InChI is InChI=1S/C20H30FNO3S/c1-2-3-4-5-6-7-8-9-10-20(23)22-15-19(16-22)26(24,25)18-13-11-17(21)12-14-18/h11-14,19H,2-10,15-16H2,1H3. The molecule has 1 aromatic rings. The number of benzene rings is 1. The van der Waals surface area contributed by atoms with E-state index in [0.29, 0.717) is 6.42 Å². The third kappa shape index (κ3) is 5.79. The lowest BCUT2D eigenvalue weighted by molar-refractivity contribution is -0.134. The van der Waals surface area contributed by atoms with Crippen molar-refractivity contribution in [2.45, 2.75) is 74.9 Å². The summed E-state index contributed by atoms with van der Waals surface area (Å²) in [6.45, 7) is 2.70. The third-order valence-electron chi connectivity index (χ3n) is 5.03. The van der Waals surface area contributed by atoms with Crippen molar-refractivity contribution in [1.82, 2.24) is 4.90 Å². The largest absolute Gasteiger partial charge is 0.340 e. The molecular weight excluding hydrogens is 353 g/mol. The van der Waals surface area contributed by atoms with Gasteiger partial charge >= 0.3 is 0 Å². The zero-order chi connectivity index (χ0) is 19.0. The van der Waals surface area contributed by atoms with Crippen LogP contribution in [0, 0.1) is 5.82 Å². The van der Waals surface area contributed by atoms with Crippen molar-refractivity contribution in [3.8, 4) is 0 Å². The Kier molecular flexibility index (Phi) is 8.07.